The Balaban J connectivity index is 1.86. The molecule has 0 heterocycles. The number of hydrogen-bond donors (Lipinski definition) is 3. The van der Waals surface area contributed by atoms with Crippen molar-refractivity contribution in [3.63, 3.8) is 0 Å². The van der Waals surface area contributed by atoms with Crippen LogP contribution in [0.5, 0.6) is 0 Å². The van der Waals surface area contributed by atoms with Crippen molar-refractivity contribution < 1.29 is 9.59 Å². The minimum atomic E-state index is -0.305. The Kier molecular flexibility index (Phi) is 3.86. The second kappa shape index (κ2) is 5.39. The van der Waals surface area contributed by atoms with Gasteiger partial charge in [-0.3, -0.25) is 9.59 Å². The van der Waals surface area contributed by atoms with E-state index in [-0.39, 0.29) is 18.4 Å². The largest absolute Gasteiger partial charge is 0.398 e. The van der Waals surface area contributed by atoms with Crippen LogP contribution in [0.2, 0.25) is 0 Å². The topological polar surface area (TPSA) is 84.2 Å². The number of nitrogens with one attached hydrogen (secondary N) is 2. The zero-order chi connectivity index (χ0) is 13.1. The van der Waals surface area contributed by atoms with Crippen LogP contribution in [0.4, 0.5) is 5.69 Å². The molecule has 6 heteroatoms. The first kappa shape index (κ1) is 12.9. The number of carbonyl (C=O) groups is 2. The van der Waals surface area contributed by atoms with Gasteiger partial charge in [-0.15, -0.1) is 0 Å². The Morgan fingerprint density at radius 2 is 2.11 bits per heavy atom. The third kappa shape index (κ3) is 3.46. The normalized spacial score (nSPS) is 14.1. The van der Waals surface area contributed by atoms with Gasteiger partial charge in [0.15, 0.2) is 0 Å². The Morgan fingerprint density at radius 1 is 1.39 bits per heavy atom. The zero-order valence-electron chi connectivity index (χ0n) is 9.70. The fourth-order valence-corrected chi connectivity index (χ4v) is 1.70. The summed E-state index contributed by atoms with van der Waals surface area (Å²) in [5.41, 5.74) is 6.61. The highest BCUT2D eigenvalue weighted by Gasteiger charge is 2.23. The molecule has 1 aliphatic carbocycles. The SMILES string of the molecule is Nc1cc(C(=O)NCC(=O)NC2CC2)ccc1Br. The van der Waals surface area contributed by atoms with E-state index >= 15 is 0 Å². The van der Waals surface area contributed by atoms with Crippen LogP contribution in [0.1, 0.15) is 23.2 Å². The van der Waals surface area contributed by atoms with Crippen molar-refractivity contribution in [3.8, 4) is 0 Å². The minimum Gasteiger partial charge on any atom is -0.398 e. The lowest BCUT2D eigenvalue weighted by Crippen LogP contribution is -2.37. The van der Waals surface area contributed by atoms with E-state index in [9.17, 15) is 9.59 Å². The molecule has 0 saturated heterocycles. The Hall–Kier alpha value is -1.56. The molecule has 0 spiro atoms. The van der Waals surface area contributed by atoms with Crippen molar-refractivity contribution in [3.05, 3.63) is 28.2 Å². The number of nitrogen functional groups attached to an aromatic ring is 1. The first-order chi connectivity index (χ1) is 8.56. The van der Waals surface area contributed by atoms with E-state index in [0.29, 0.717) is 17.3 Å². The van der Waals surface area contributed by atoms with Gasteiger partial charge in [0.05, 0.1) is 6.54 Å². The monoisotopic (exact) mass is 311 g/mol. The predicted molar refractivity (Wildman–Crippen MR) is 72.1 cm³/mol. The van der Waals surface area contributed by atoms with Gasteiger partial charge in [-0.2, -0.15) is 0 Å². The van der Waals surface area contributed by atoms with Crippen molar-refractivity contribution in [1.29, 1.82) is 0 Å². The Labute approximate surface area is 113 Å². The lowest BCUT2D eigenvalue weighted by Gasteiger charge is -2.07. The van der Waals surface area contributed by atoms with E-state index in [1.54, 1.807) is 18.2 Å². The fraction of sp³-hybridized carbons (Fsp3) is 0.333. The van der Waals surface area contributed by atoms with Crippen LogP contribution in [0.25, 0.3) is 0 Å². The van der Waals surface area contributed by atoms with Gasteiger partial charge in [0.25, 0.3) is 5.91 Å². The van der Waals surface area contributed by atoms with Gasteiger partial charge >= 0.3 is 0 Å². The average Bonchev–Trinajstić information content (AvgIpc) is 3.13. The maximum atomic E-state index is 11.8. The predicted octanol–water partition coefficient (Wildman–Crippen LogP) is 1.04. The molecule has 0 radical (unpaired) electrons. The molecule has 1 aromatic carbocycles. The van der Waals surface area contributed by atoms with Gasteiger partial charge < -0.3 is 16.4 Å². The van der Waals surface area contributed by atoms with Crippen LogP contribution in [0.15, 0.2) is 22.7 Å². The van der Waals surface area contributed by atoms with E-state index in [2.05, 4.69) is 26.6 Å². The molecular formula is C12H14BrN3O2. The number of benzene rings is 1. The number of halogens is 1. The van der Waals surface area contributed by atoms with E-state index in [0.717, 1.165) is 17.3 Å². The molecule has 0 atom stereocenters. The molecule has 1 saturated carbocycles. The average molecular weight is 312 g/mol. The molecular weight excluding hydrogens is 298 g/mol. The fourth-order valence-electron chi connectivity index (χ4n) is 1.45. The molecule has 5 nitrogen and oxygen atoms in total. The van der Waals surface area contributed by atoms with E-state index in [1.165, 1.54) is 0 Å². The van der Waals surface area contributed by atoms with Gasteiger partial charge in [0.2, 0.25) is 5.91 Å². The third-order valence-electron chi connectivity index (χ3n) is 2.61. The van der Waals surface area contributed by atoms with Crippen LogP contribution in [-0.4, -0.2) is 24.4 Å². The molecule has 0 aliphatic heterocycles. The first-order valence-electron chi connectivity index (χ1n) is 5.69. The molecule has 96 valence electrons. The quantitative estimate of drug-likeness (QED) is 0.726. The van der Waals surface area contributed by atoms with Crippen molar-refractivity contribution in [2.24, 2.45) is 0 Å². The molecule has 1 aromatic rings. The second-order valence-electron chi connectivity index (χ2n) is 4.26. The summed E-state index contributed by atoms with van der Waals surface area (Å²) in [6.45, 7) is -0.00863. The third-order valence-corrected chi connectivity index (χ3v) is 3.33. The van der Waals surface area contributed by atoms with E-state index in [1.807, 2.05) is 0 Å². The number of rotatable bonds is 4. The van der Waals surface area contributed by atoms with Crippen LogP contribution >= 0.6 is 15.9 Å². The summed E-state index contributed by atoms with van der Waals surface area (Å²) in [4.78, 5) is 23.1. The number of hydrogen-bond acceptors (Lipinski definition) is 3. The highest BCUT2D eigenvalue weighted by atomic mass is 79.9. The van der Waals surface area contributed by atoms with Crippen LogP contribution < -0.4 is 16.4 Å². The lowest BCUT2D eigenvalue weighted by molar-refractivity contribution is -0.120. The van der Waals surface area contributed by atoms with Crippen LogP contribution in [0, 0.1) is 0 Å². The van der Waals surface area contributed by atoms with Crippen molar-refractivity contribution in [2.45, 2.75) is 18.9 Å². The number of nitrogens with two attached hydrogens (primary N) is 1. The van der Waals surface area contributed by atoms with Gasteiger partial charge in [0.1, 0.15) is 0 Å². The van der Waals surface area contributed by atoms with Crippen LogP contribution in [-0.2, 0) is 4.79 Å². The van der Waals surface area contributed by atoms with Crippen molar-refractivity contribution >= 4 is 33.4 Å². The van der Waals surface area contributed by atoms with Gasteiger partial charge in [0, 0.05) is 21.8 Å². The maximum Gasteiger partial charge on any atom is 0.251 e. The summed E-state index contributed by atoms with van der Waals surface area (Å²) in [6.07, 6.45) is 2.06. The molecule has 18 heavy (non-hydrogen) atoms. The van der Waals surface area contributed by atoms with E-state index < -0.39 is 0 Å². The summed E-state index contributed by atoms with van der Waals surface area (Å²) in [7, 11) is 0. The molecule has 0 bridgehead atoms. The Bertz CT molecular complexity index is 486. The number of amides is 2. The molecule has 4 N–H and O–H groups in total. The standard InChI is InChI=1S/C12H14BrN3O2/c13-9-4-1-7(5-10(9)14)12(18)15-6-11(17)16-8-2-3-8/h1,4-5,8H,2-3,6,14H2,(H,15,18)(H,16,17). The summed E-state index contributed by atoms with van der Waals surface area (Å²) in [5, 5.41) is 5.35. The number of carbonyl (C=O) groups excluding carboxylic acids is 2. The summed E-state index contributed by atoms with van der Waals surface area (Å²) < 4.78 is 0.741. The van der Waals surface area contributed by atoms with Crippen molar-refractivity contribution in [1.82, 2.24) is 10.6 Å². The lowest BCUT2D eigenvalue weighted by atomic mass is 10.2. The smallest absolute Gasteiger partial charge is 0.251 e. The zero-order valence-corrected chi connectivity index (χ0v) is 11.3. The highest BCUT2D eigenvalue weighted by Crippen LogP contribution is 2.20. The van der Waals surface area contributed by atoms with E-state index in [4.69, 9.17) is 5.73 Å². The van der Waals surface area contributed by atoms with Crippen molar-refractivity contribution in [2.75, 3.05) is 12.3 Å². The summed E-state index contributed by atoms with van der Waals surface area (Å²) in [6, 6.07) is 5.22. The summed E-state index contributed by atoms with van der Waals surface area (Å²) in [5.74, 6) is -0.462. The molecule has 1 fully saturated rings. The van der Waals surface area contributed by atoms with Crippen LogP contribution in [0.3, 0.4) is 0 Å². The summed E-state index contributed by atoms with van der Waals surface area (Å²) >= 11 is 3.25. The maximum absolute atomic E-state index is 11.8. The molecule has 0 unspecified atom stereocenters. The first-order valence-corrected chi connectivity index (χ1v) is 6.48. The van der Waals surface area contributed by atoms with Gasteiger partial charge in [-0.1, -0.05) is 0 Å². The highest BCUT2D eigenvalue weighted by molar-refractivity contribution is 9.10. The Morgan fingerprint density at radius 3 is 2.72 bits per heavy atom. The second-order valence-corrected chi connectivity index (χ2v) is 5.12. The van der Waals surface area contributed by atoms with Gasteiger partial charge in [-0.25, -0.2) is 0 Å². The number of anilines is 1. The minimum absolute atomic E-state index is 0.00863. The molecule has 2 rings (SSSR count). The molecule has 1 aliphatic rings. The molecule has 0 aromatic heterocycles. The molecule has 2 amide bonds. The van der Waals surface area contributed by atoms with Gasteiger partial charge in [-0.05, 0) is 47.0 Å².